The summed E-state index contributed by atoms with van der Waals surface area (Å²) in [5.74, 6) is 1.50. The Kier molecular flexibility index (Phi) is 9.22. The Hall–Kier alpha value is -2.63. The molecule has 0 saturated carbocycles. The fourth-order valence-corrected chi connectivity index (χ4v) is 5.04. The van der Waals surface area contributed by atoms with Crippen molar-refractivity contribution in [1.29, 1.82) is 0 Å². The molecule has 0 aromatic heterocycles. The van der Waals surface area contributed by atoms with E-state index in [0.717, 1.165) is 54.8 Å². The number of hydrogen-bond acceptors (Lipinski definition) is 3. The first kappa shape index (κ1) is 26.4. The summed E-state index contributed by atoms with van der Waals surface area (Å²) in [4.78, 5) is 14.7. The number of benzene rings is 3. The molecule has 0 spiro atoms. The summed E-state index contributed by atoms with van der Waals surface area (Å²) in [6, 6.07) is 25.2. The van der Waals surface area contributed by atoms with Gasteiger partial charge >= 0.3 is 0 Å². The van der Waals surface area contributed by atoms with E-state index in [1.807, 2.05) is 26.0 Å². The van der Waals surface area contributed by atoms with E-state index in [0.29, 0.717) is 5.92 Å². The maximum absolute atomic E-state index is 12.1. The fraction of sp³-hybridized carbons (Fsp3) is 0.387. The molecule has 3 aromatic carbocycles. The summed E-state index contributed by atoms with van der Waals surface area (Å²) in [5, 5.41) is 3.04. The van der Waals surface area contributed by atoms with Gasteiger partial charge in [0.2, 0.25) is 5.91 Å². The number of likely N-dealkylation sites (tertiary alicyclic amines) is 1. The lowest BCUT2D eigenvalue weighted by atomic mass is 9.89. The van der Waals surface area contributed by atoms with Gasteiger partial charge in [-0.1, -0.05) is 66.2 Å². The molecule has 190 valence electrons. The van der Waals surface area contributed by atoms with Gasteiger partial charge in [-0.15, -0.1) is 0 Å². The van der Waals surface area contributed by atoms with Crippen LogP contribution in [0.4, 0.5) is 5.69 Å². The molecule has 1 heterocycles. The zero-order chi connectivity index (χ0) is 25.5. The molecule has 1 saturated heterocycles. The lowest BCUT2D eigenvalue weighted by Crippen LogP contribution is -2.34. The Labute approximate surface area is 224 Å². The summed E-state index contributed by atoms with van der Waals surface area (Å²) in [5.41, 5.74) is 4.64. The fourth-order valence-electron chi connectivity index (χ4n) is 4.77. The predicted octanol–water partition coefficient (Wildman–Crippen LogP) is 7.74. The first-order valence-electron chi connectivity index (χ1n) is 13.0. The number of hydrogen-bond donors (Lipinski definition) is 1. The minimum atomic E-state index is -0.0203. The van der Waals surface area contributed by atoms with Gasteiger partial charge in [-0.25, -0.2) is 0 Å². The second-order valence-electron chi connectivity index (χ2n) is 10.1. The summed E-state index contributed by atoms with van der Waals surface area (Å²) in [6.45, 7) is 9.09. The molecule has 1 atom stereocenters. The van der Waals surface area contributed by atoms with Crippen molar-refractivity contribution in [2.75, 3.05) is 25.0 Å². The largest absolute Gasteiger partial charge is 0.486 e. The summed E-state index contributed by atoms with van der Waals surface area (Å²) in [7, 11) is 0. The molecule has 36 heavy (non-hydrogen) atoms. The standard InChI is InChI=1S/C31H37BrN2O2/c1-22(2)31(35)33-28-8-5-7-26(21-28)24-14-17-34(18-15-24)19-16-30(25-10-12-27(32)13-11-25)36-29-9-4-6-23(3)20-29/h4-13,20-22,24,30H,14-19H2,1-3H3,(H,33,35). The van der Waals surface area contributed by atoms with Crippen LogP contribution in [-0.2, 0) is 4.79 Å². The number of anilines is 1. The minimum Gasteiger partial charge on any atom is -0.486 e. The molecule has 1 amide bonds. The molecule has 3 aromatic rings. The number of ether oxygens (including phenoxy) is 1. The van der Waals surface area contributed by atoms with Gasteiger partial charge in [-0.3, -0.25) is 4.79 Å². The highest BCUT2D eigenvalue weighted by atomic mass is 79.9. The molecular formula is C31H37BrN2O2. The number of nitrogens with zero attached hydrogens (tertiary/aromatic N) is 1. The number of carbonyl (C=O) groups is 1. The maximum Gasteiger partial charge on any atom is 0.226 e. The van der Waals surface area contributed by atoms with E-state index in [4.69, 9.17) is 4.74 Å². The Morgan fingerprint density at radius 1 is 1.03 bits per heavy atom. The van der Waals surface area contributed by atoms with Crippen molar-refractivity contribution in [3.05, 3.63) is 94.0 Å². The van der Waals surface area contributed by atoms with Crippen LogP contribution in [0, 0.1) is 12.8 Å². The third-order valence-corrected chi connectivity index (χ3v) is 7.48. The van der Waals surface area contributed by atoms with Crippen LogP contribution in [-0.4, -0.2) is 30.4 Å². The number of aryl methyl sites for hydroxylation is 1. The van der Waals surface area contributed by atoms with Gasteiger partial charge in [0.1, 0.15) is 11.9 Å². The van der Waals surface area contributed by atoms with Crippen LogP contribution in [0.5, 0.6) is 5.75 Å². The predicted molar refractivity (Wildman–Crippen MR) is 152 cm³/mol. The Morgan fingerprint density at radius 2 is 1.75 bits per heavy atom. The molecule has 1 unspecified atom stereocenters. The number of piperidine rings is 1. The molecular weight excluding hydrogens is 512 g/mol. The average molecular weight is 550 g/mol. The molecule has 1 N–H and O–H groups in total. The average Bonchev–Trinajstić information content (AvgIpc) is 2.87. The third kappa shape index (κ3) is 7.44. The first-order valence-corrected chi connectivity index (χ1v) is 13.8. The molecule has 0 aliphatic carbocycles. The van der Waals surface area contributed by atoms with Crippen molar-refractivity contribution in [1.82, 2.24) is 4.90 Å². The number of rotatable bonds is 9. The second kappa shape index (κ2) is 12.6. The SMILES string of the molecule is Cc1cccc(OC(CCN2CCC(c3cccc(NC(=O)C(C)C)c3)CC2)c2ccc(Br)cc2)c1. The van der Waals surface area contributed by atoms with Crippen molar-refractivity contribution in [2.45, 2.75) is 52.1 Å². The Morgan fingerprint density at radius 3 is 2.44 bits per heavy atom. The van der Waals surface area contributed by atoms with E-state index in [-0.39, 0.29) is 17.9 Å². The van der Waals surface area contributed by atoms with E-state index < -0.39 is 0 Å². The Bertz CT molecular complexity index is 1140. The molecule has 1 fully saturated rings. The lowest BCUT2D eigenvalue weighted by Gasteiger charge is -2.33. The van der Waals surface area contributed by atoms with Crippen LogP contribution in [0.3, 0.4) is 0 Å². The number of nitrogens with one attached hydrogen (secondary N) is 1. The van der Waals surface area contributed by atoms with Crippen LogP contribution in [0.2, 0.25) is 0 Å². The molecule has 4 nitrogen and oxygen atoms in total. The van der Waals surface area contributed by atoms with E-state index in [9.17, 15) is 4.79 Å². The van der Waals surface area contributed by atoms with Crippen molar-refractivity contribution in [2.24, 2.45) is 5.92 Å². The van der Waals surface area contributed by atoms with Gasteiger partial charge in [0, 0.05) is 29.0 Å². The molecule has 0 bridgehead atoms. The van der Waals surface area contributed by atoms with Crippen molar-refractivity contribution in [3.8, 4) is 5.75 Å². The second-order valence-corrected chi connectivity index (χ2v) is 11.1. The number of amides is 1. The van der Waals surface area contributed by atoms with Gasteiger partial charge in [0.15, 0.2) is 0 Å². The van der Waals surface area contributed by atoms with Gasteiger partial charge in [0.05, 0.1) is 0 Å². The molecule has 5 heteroatoms. The zero-order valence-electron chi connectivity index (χ0n) is 21.5. The molecule has 0 radical (unpaired) electrons. The van der Waals surface area contributed by atoms with Gasteiger partial charge < -0.3 is 15.0 Å². The van der Waals surface area contributed by atoms with Crippen LogP contribution >= 0.6 is 15.9 Å². The highest BCUT2D eigenvalue weighted by Crippen LogP contribution is 2.31. The van der Waals surface area contributed by atoms with E-state index >= 15 is 0 Å². The number of carbonyl (C=O) groups excluding carboxylic acids is 1. The summed E-state index contributed by atoms with van der Waals surface area (Å²) in [6.07, 6.45) is 3.21. The van der Waals surface area contributed by atoms with Crippen molar-refractivity contribution in [3.63, 3.8) is 0 Å². The van der Waals surface area contributed by atoms with Crippen LogP contribution in [0.15, 0.2) is 77.3 Å². The summed E-state index contributed by atoms with van der Waals surface area (Å²) < 4.78 is 7.57. The lowest BCUT2D eigenvalue weighted by molar-refractivity contribution is -0.118. The van der Waals surface area contributed by atoms with Gasteiger partial charge in [0.25, 0.3) is 0 Å². The van der Waals surface area contributed by atoms with E-state index in [1.165, 1.54) is 16.7 Å². The molecule has 4 rings (SSSR count). The zero-order valence-corrected chi connectivity index (χ0v) is 23.1. The topological polar surface area (TPSA) is 41.6 Å². The summed E-state index contributed by atoms with van der Waals surface area (Å²) >= 11 is 3.55. The highest BCUT2D eigenvalue weighted by Gasteiger charge is 2.23. The minimum absolute atomic E-state index is 0.0128. The highest BCUT2D eigenvalue weighted by molar-refractivity contribution is 9.10. The van der Waals surface area contributed by atoms with Gasteiger partial charge in [-0.05, 0) is 91.9 Å². The third-order valence-electron chi connectivity index (χ3n) is 6.95. The number of halogens is 1. The molecule has 1 aliphatic rings. The van der Waals surface area contributed by atoms with E-state index in [1.54, 1.807) is 0 Å². The van der Waals surface area contributed by atoms with Crippen molar-refractivity contribution < 1.29 is 9.53 Å². The monoisotopic (exact) mass is 548 g/mol. The first-order chi connectivity index (χ1) is 17.4. The van der Waals surface area contributed by atoms with Crippen LogP contribution in [0.1, 0.15) is 61.8 Å². The normalized spacial score (nSPS) is 15.6. The van der Waals surface area contributed by atoms with Crippen LogP contribution in [0.25, 0.3) is 0 Å². The Balaban J connectivity index is 1.34. The molecule has 1 aliphatic heterocycles. The smallest absolute Gasteiger partial charge is 0.226 e. The van der Waals surface area contributed by atoms with Crippen LogP contribution < -0.4 is 10.1 Å². The van der Waals surface area contributed by atoms with Gasteiger partial charge in [-0.2, -0.15) is 0 Å². The quantitative estimate of drug-likeness (QED) is 0.297. The maximum atomic E-state index is 12.1. The van der Waals surface area contributed by atoms with E-state index in [2.05, 4.69) is 93.7 Å². The van der Waals surface area contributed by atoms with Crippen molar-refractivity contribution >= 4 is 27.5 Å².